The number of carbonyl (C=O) groups is 2. The molecule has 0 aromatic heterocycles. The minimum absolute atomic E-state index is 0.152. The van der Waals surface area contributed by atoms with Crippen molar-refractivity contribution in [1.29, 1.82) is 5.41 Å². The average Bonchev–Trinajstić information content (AvgIpc) is 2.82. The molecule has 1 amide bonds. The molecule has 7 N–H and O–H groups in total. The van der Waals surface area contributed by atoms with E-state index in [4.69, 9.17) is 20.1 Å². The van der Waals surface area contributed by atoms with Crippen molar-refractivity contribution in [3.63, 3.8) is 0 Å². The van der Waals surface area contributed by atoms with E-state index in [1.165, 1.54) is 0 Å². The number of hydrogen-bond acceptors (Lipinski definition) is 7. The molecule has 1 aliphatic rings. The molecule has 0 spiro atoms. The van der Waals surface area contributed by atoms with E-state index in [1.54, 1.807) is 32.0 Å². The zero-order valence-corrected chi connectivity index (χ0v) is 22.5. The number of ether oxygens (including phenoxy) is 1. The molecule has 2 atom stereocenters. The molecule has 0 saturated heterocycles. The van der Waals surface area contributed by atoms with Crippen molar-refractivity contribution in [1.82, 2.24) is 10.0 Å². The summed E-state index contributed by atoms with van der Waals surface area (Å²) in [5, 5.41) is 22.3. The van der Waals surface area contributed by atoms with Gasteiger partial charge in [-0.2, -0.15) is 13.1 Å². The van der Waals surface area contributed by atoms with Gasteiger partial charge < -0.3 is 30.4 Å². The van der Waals surface area contributed by atoms with Crippen LogP contribution in [-0.4, -0.2) is 50.1 Å². The van der Waals surface area contributed by atoms with Gasteiger partial charge in [0.05, 0.1) is 5.69 Å². The van der Waals surface area contributed by atoms with Gasteiger partial charge in [-0.15, -0.1) is 0 Å². The zero-order chi connectivity index (χ0) is 28.2. The van der Waals surface area contributed by atoms with E-state index in [-0.39, 0.29) is 24.0 Å². The number of nitrogens with one attached hydrogen (secondary N) is 4. The molecular weight excluding hydrogens is 514 g/mol. The second kappa shape index (κ2) is 11.7. The minimum Gasteiger partial charge on any atom is -0.480 e. The van der Waals surface area contributed by atoms with Crippen LogP contribution in [0.25, 0.3) is 0 Å². The lowest BCUT2D eigenvalue weighted by Gasteiger charge is -2.26. The molecule has 1 aliphatic heterocycles. The average molecular weight is 548 g/mol. The fourth-order valence-corrected chi connectivity index (χ4v) is 5.10. The van der Waals surface area contributed by atoms with E-state index in [0.717, 1.165) is 11.1 Å². The Morgan fingerprint density at radius 1 is 1.21 bits per heavy atom. The van der Waals surface area contributed by atoms with E-state index in [1.807, 2.05) is 19.9 Å². The van der Waals surface area contributed by atoms with Gasteiger partial charge in [0.15, 0.2) is 12.1 Å². The highest BCUT2D eigenvalue weighted by Crippen LogP contribution is 2.32. The smallest absolute Gasteiger partial charge is 0.383 e. The van der Waals surface area contributed by atoms with Crippen molar-refractivity contribution in [2.45, 2.75) is 59.1 Å². The first-order chi connectivity index (χ1) is 17.8. The lowest BCUT2D eigenvalue weighted by Crippen LogP contribution is -2.44. The molecule has 38 heavy (non-hydrogen) atoms. The highest BCUT2D eigenvalue weighted by molar-refractivity contribution is 7.85. The number of carbonyl (C=O) groups excluding carboxylic acids is 1. The molecular formula is C25H33N5O7S. The third-order valence-corrected chi connectivity index (χ3v) is 7.30. The van der Waals surface area contributed by atoms with Crippen LogP contribution in [0, 0.1) is 33.1 Å². The second-order valence-corrected chi connectivity index (χ2v) is 10.6. The molecule has 13 heteroatoms. The monoisotopic (exact) mass is 547 g/mol. The van der Waals surface area contributed by atoms with E-state index in [9.17, 15) is 23.1 Å². The summed E-state index contributed by atoms with van der Waals surface area (Å²) in [6.45, 7) is 7.56. The first-order valence-electron chi connectivity index (χ1n) is 12.0. The number of carboxylic acid groups (broad SMARTS) is 1. The van der Waals surface area contributed by atoms with E-state index >= 15 is 0 Å². The number of carboxylic acids is 1. The molecule has 0 radical (unpaired) electrons. The first-order valence-corrected chi connectivity index (χ1v) is 13.4. The predicted molar refractivity (Wildman–Crippen MR) is 142 cm³/mol. The Hall–Kier alpha value is -3.84. The number of rotatable bonds is 11. The number of hydrogen-bond donors (Lipinski definition) is 6. The number of guanidine groups is 1. The van der Waals surface area contributed by atoms with Crippen molar-refractivity contribution in [2.75, 3.05) is 11.9 Å². The number of fused-ring (bicyclic) bond motifs is 1. The molecule has 2 aromatic carbocycles. The van der Waals surface area contributed by atoms with Crippen LogP contribution in [0.3, 0.4) is 0 Å². The Morgan fingerprint density at radius 3 is 2.47 bits per heavy atom. The van der Waals surface area contributed by atoms with Crippen LogP contribution in [0.5, 0.6) is 11.5 Å². The van der Waals surface area contributed by atoms with Crippen LogP contribution in [0.1, 0.15) is 40.7 Å². The van der Waals surface area contributed by atoms with Gasteiger partial charge in [-0.05, 0) is 86.9 Å². The van der Waals surface area contributed by atoms with Gasteiger partial charge in [-0.25, -0.2) is 0 Å². The maximum atomic E-state index is 12.8. The fourth-order valence-electron chi connectivity index (χ4n) is 4.05. The van der Waals surface area contributed by atoms with E-state index in [2.05, 4.69) is 15.4 Å². The second-order valence-electron chi connectivity index (χ2n) is 9.25. The van der Waals surface area contributed by atoms with E-state index in [0.29, 0.717) is 47.5 Å². The zero-order valence-electron chi connectivity index (χ0n) is 21.7. The number of nitrogens with two attached hydrogens (primary N) is 1. The molecule has 0 unspecified atom stereocenters. The van der Waals surface area contributed by atoms with Crippen molar-refractivity contribution >= 4 is 33.8 Å². The molecule has 12 nitrogen and oxygen atoms in total. The highest BCUT2D eigenvalue weighted by atomic mass is 32.2. The maximum absolute atomic E-state index is 12.8. The van der Waals surface area contributed by atoms with Crippen LogP contribution in [0.4, 0.5) is 5.69 Å². The minimum atomic E-state index is -4.48. The van der Waals surface area contributed by atoms with Crippen LogP contribution in [-0.2, 0) is 26.3 Å². The number of aryl methyl sites for hydroxylation is 2. The van der Waals surface area contributed by atoms with Gasteiger partial charge in [-0.3, -0.25) is 15.0 Å². The van der Waals surface area contributed by atoms with Crippen LogP contribution < -0.4 is 30.0 Å². The predicted octanol–water partition coefficient (Wildman–Crippen LogP) is 1.79. The maximum Gasteiger partial charge on any atom is 0.383 e. The Morgan fingerprint density at radius 2 is 1.87 bits per heavy atom. The normalized spacial score (nSPS) is 15.6. The summed E-state index contributed by atoms with van der Waals surface area (Å²) in [5.74, 6) is -1.32. The quantitative estimate of drug-likeness (QED) is 0.138. The summed E-state index contributed by atoms with van der Waals surface area (Å²) in [6.07, 6.45) is 0.0196. The lowest BCUT2D eigenvalue weighted by atomic mass is 10.0. The van der Waals surface area contributed by atoms with Gasteiger partial charge in [0.1, 0.15) is 17.5 Å². The van der Waals surface area contributed by atoms with E-state index < -0.39 is 28.4 Å². The van der Waals surface area contributed by atoms with Crippen molar-refractivity contribution < 1.29 is 32.0 Å². The van der Waals surface area contributed by atoms with Gasteiger partial charge >= 0.3 is 16.3 Å². The highest BCUT2D eigenvalue weighted by Gasteiger charge is 2.30. The Bertz CT molecular complexity index is 1330. The summed E-state index contributed by atoms with van der Waals surface area (Å²) in [7, 11) is -4.48. The number of amides is 1. The Kier molecular flexibility index (Phi) is 8.84. The molecule has 2 aromatic rings. The SMILES string of the molecule is Cc1cc(C)c(C)c(OS(=O)(=O)N[C@@H](Cc2ccc3c(c2)NC(=O)[C@@H](CCCNC(=N)N)O3)C(=O)O)c1C. The Balaban J connectivity index is 1.70. The topological polar surface area (TPSA) is 193 Å². The molecule has 206 valence electrons. The third kappa shape index (κ3) is 7.13. The van der Waals surface area contributed by atoms with Gasteiger partial charge in [0.2, 0.25) is 0 Å². The summed E-state index contributed by atoms with van der Waals surface area (Å²) in [6, 6.07) is 5.14. The van der Waals surface area contributed by atoms with Gasteiger partial charge in [0.25, 0.3) is 5.91 Å². The van der Waals surface area contributed by atoms with Crippen LogP contribution in [0.2, 0.25) is 0 Å². The molecule has 0 aliphatic carbocycles. The van der Waals surface area contributed by atoms with Crippen molar-refractivity contribution in [3.8, 4) is 11.5 Å². The standard InChI is InChI=1S/C25H33N5O7S/c1-13-10-14(2)16(4)22(15(13)3)37-38(34,35)30-19(24(32)33)12-17-7-8-20-18(11-17)29-23(31)21(36-20)6-5-9-28-25(26)27/h7-8,10-11,19,21,30H,5-6,9,12H2,1-4H3,(H,29,31)(H,32,33)(H4,26,27,28)/t19-,21+/m0/s1. The third-order valence-electron chi connectivity index (χ3n) is 6.34. The van der Waals surface area contributed by atoms with Crippen molar-refractivity contribution in [2.24, 2.45) is 5.73 Å². The summed E-state index contributed by atoms with van der Waals surface area (Å²) < 4.78 is 38.8. The number of anilines is 1. The fraction of sp³-hybridized carbons (Fsp3) is 0.400. The summed E-state index contributed by atoms with van der Waals surface area (Å²) >= 11 is 0. The molecule has 3 rings (SSSR count). The van der Waals surface area contributed by atoms with Crippen LogP contribution >= 0.6 is 0 Å². The molecule has 0 fully saturated rings. The number of aliphatic carboxylic acids is 1. The largest absolute Gasteiger partial charge is 0.480 e. The van der Waals surface area contributed by atoms with Gasteiger partial charge in [-0.1, -0.05) is 12.1 Å². The van der Waals surface area contributed by atoms with Crippen LogP contribution in [0.15, 0.2) is 24.3 Å². The van der Waals surface area contributed by atoms with Crippen molar-refractivity contribution in [3.05, 3.63) is 52.1 Å². The molecule has 0 saturated carbocycles. The molecule has 0 bridgehead atoms. The number of benzene rings is 2. The van der Waals surface area contributed by atoms with Gasteiger partial charge in [0, 0.05) is 6.54 Å². The first kappa shape index (κ1) is 28.7. The lowest BCUT2D eigenvalue weighted by molar-refractivity contribution is -0.139. The summed E-state index contributed by atoms with van der Waals surface area (Å²) in [5.41, 5.74) is 9.04. The summed E-state index contributed by atoms with van der Waals surface area (Å²) in [4.78, 5) is 24.4. The molecule has 1 heterocycles. The Labute approximate surface area is 221 Å².